The van der Waals surface area contributed by atoms with Crippen LogP contribution in [-0.4, -0.2) is 52.0 Å². The molecule has 0 radical (unpaired) electrons. The summed E-state index contributed by atoms with van der Waals surface area (Å²) < 4.78 is 1.83. The summed E-state index contributed by atoms with van der Waals surface area (Å²) in [7, 11) is 1.92. The third-order valence-electron chi connectivity index (χ3n) is 6.68. The minimum absolute atomic E-state index is 0.0371. The number of hydrogen-bond acceptors (Lipinski definition) is 3. The van der Waals surface area contributed by atoms with Crippen LogP contribution in [-0.2, 0) is 28.5 Å². The van der Waals surface area contributed by atoms with Gasteiger partial charge in [0.05, 0.1) is 11.6 Å². The van der Waals surface area contributed by atoms with E-state index in [1.54, 1.807) is 0 Å². The number of carbonyl (C=O) groups excluding carboxylic acids is 2. The summed E-state index contributed by atoms with van der Waals surface area (Å²) in [5.41, 5.74) is 3.20. The summed E-state index contributed by atoms with van der Waals surface area (Å²) in [5.74, 6) is -0.0558. The normalized spacial score (nSPS) is 20.5. The van der Waals surface area contributed by atoms with Crippen molar-refractivity contribution in [2.75, 3.05) is 25.5 Å². The van der Waals surface area contributed by atoms with Gasteiger partial charge in [0.25, 0.3) is 0 Å². The summed E-state index contributed by atoms with van der Waals surface area (Å²) in [5, 5.41) is 7.51. The highest BCUT2D eigenvalue weighted by atomic mass is 35.5. The van der Waals surface area contributed by atoms with Gasteiger partial charge in [0.2, 0.25) is 11.8 Å². The zero-order valence-electron chi connectivity index (χ0n) is 17.4. The van der Waals surface area contributed by atoms with E-state index in [-0.39, 0.29) is 29.0 Å². The van der Waals surface area contributed by atoms with E-state index in [1.807, 2.05) is 41.0 Å². The van der Waals surface area contributed by atoms with E-state index in [0.717, 1.165) is 43.4 Å². The van der Waals surface area contributed by atoms with Gasteiger partial charge in [-0.3, -0.25) is 14.3 Å². The first-order chi connectivity index (χ1) is 14.5. The van der Waals surface area contributed by atoms with Crippen LogP contribution in [0.3, 0.4) is 0 Å². The number of alkyl halides is 1. The monoisotopic (exact) mass is 428 g/mol. The maximum atomic E-state index is 13.4. The van der Waals surface area contributed by atoms with Crippen molar-refractivity contribution in [2.24, 2.45) is 7.05 Å². The van der Waals surface area contributed by atoms with Gasteiger partial charge in [0.1, 0.15) is 5.88 Å². The van der Waals surface area contributed by atoms with Gasteiger partial charge in [0, 0.05) is 43.9 Å². The standard InChI is InChI=1S/C23H29ClN4O2/c1-27-15-19-18(8-5-9-20(19)26-27)22(30)28-12-10-23(11-13-28,16-25-21(29)14-24)17-6-3-2-4-7-17/h2-4,6-7,15,18H,5,8-14,16H2,1H3,(H,25,29). The number of carbonyl (C=O) groups is 2. The van der Waals surface area contributed by atoms with Crippen LogP contribution in [0.15, 0.2) is 36.5 Å². The van der Waals surface area contributed by atoms with Crippen LogP contribution in [0.25, 0.3) is 0 Å². The number of amides is 2. The molecular formula is C23H29ClN4O2. The molecule has 2 aliphatic rings. The van der Waals surface area contributed by atoms with Crippen LogP contribution >= 0.6 is 11.6 Å². The van der Waals surface area contributed by atoms with Gasteiger partial charge in [0.15, 0.2) is 0 Å². The lowest BCUT2D eigenvalue weighted by Gasteiger charge is -2.43. The van der Waals surface area contributed by atoms with Crippen LogP contribution in [0.1, 0.15) is 48.4 Å². The first-order valence-corrected chi connectivity index (χ1v) is 11.3. The van der Waals surface area contributed by atoms with E-state index >= 15 is 0 Å². The number of piperidine rings is 1. The predicted molar refractivity (Wildman–Crippen MR) is 117 cm³/mol. The highest BCUT2D eigenvalue weighted by Crippen LogP contribution is 2.38. The van der Waals surface area contributed by atoms with Gasteiger partial charge in [-0.15, -0.1) is 11.6 Å². The molecule has 2 heterocycles. The molecule has 6 nitrogen and oxygen atoms in total. The minimum atomic E-state index is -0.175. The van der Waals surface area contributed by atoms with Crippen molar-refractivity contribution >= 4 is 23.4 Å². The maximum Gasteiger partial charge on any atom is 0.234 e. The Morgan fingerprint density at radius 3 is 2.67 bits per heavy atom. The quantitative estimate of drug-likeness (QED) is 0.744. The molecule has 7 heteroatoms. The van der Waals surface area contributed by atoms with Crippen molar-refractivity contribution in [1.29, 1.82) is 0 Å². The molecule has 1 unspecified atom stereocenters. The van der Waals surface area contributed by atoms with Gasteiger partial charge in [-0.05, 0) is 37.7 Å². The topological polar surface area (TPSA) is 67.2 Å². The number of nitrogens with one attached hydrogen (secondary N) is 1. The first kappa shape index (κ1) is 20.9. The second-order valence-electron chi connectivity index (χ2n) is 8.53. The molecule has 1 aliphatic carbocycles. The SMILES string of the molecule is Cn1cc2c(n1)CCCC2C(=O)N1CCC(CNC(=O)CCl)(c2ccccc2)CC1. The van der Waals surface area contributed by atoms with E-state index in [4.69, 9.17) is 11.6 Å². The number of likely N-dealkylation sites (tertiary alicyclic amines) is 1. The van der Waals surface area contributed by atoms with E-state index in [1.165, 1.54) is 5.56 Å². The van der Waals surface area contributed by atoms with Crippen LogP contribution in [0.5, 0.6) is 0 Å². The van der Waals surface area contributed by atoms with Crippen molar-refractivity contribution in [2.45, 2.75) is 43.4 Å². The fourth-order valence-corrected chi connectivity index (χ4v) is 5.07. The van der Waals surface area contributed by atoms with Crippen molar-refractivity contribution in [3.63, 3.8) is 0 Å². The Morgan fingerprint density at radius 1 is 1.23 bits per heavy atom. The molecule has 1 N–H and O–H groups in total. The molecule has 2 aromatic rings. The highest BCUT2D eigenvalue weighted by Gasteiger charge is 2.40. The third kappa shape index (κ3) is 4.10. The average molecular weight is 429 g/mol. The molecule has 0 saturated carbocycles. The zero-order valence-corrected chi connectivity index (χ0v) is 18.2. The summed E-state index contributed by atoms with van der Waals surface area (Å²) in [4.78, 5) is 27.2. The molecule has 1 aromatic carbocycles. The van der Waals surface area contributed by atoms with Gasteiger partial charge < -0.3 is 10.2 Å². The molecule has 0 spiro atoms. The van der Waals surface area contributed by atoms with Gasteiger partial charge >= 0.3 is 0 Å². The lowest BCUT2D eigenvalue weighted by Crippen LogP contribution is -2.51. The number of rotatable bonds is 5. The Morgan fingerprint density at radius 2 is 1.97 bits per heavy atom. The fraction of sp³-hybridized carbons (Fsp3) is 0.522. The summed E-state index contributed by atoms with van der Waals surface area (Å²) in [6.45, 7) is 1.92. The Labute approximate surface area is 182 Å². The number of aromatic nitrogens is 2. The molecule has 30 heavy (non-hydrogen) atoms. The van der Waals surface area contributed by atoms with Gasteiger partial charge in [-0.1, -0.05) is 30.3 Å². The maximum absolute atomic E-state index is 13.4. The van der Waals surface area contributed by atoms with Gasteiger partial charge in [-0.25, -0.2) is 0 Å². The Bertz CT molecular complexity index is 903. The summed E-state index contributed by atoms with van der Waals surface area (Å²) in [6.07, 6.45) is 6.50. The van der Waals surface area contributed by atoms with Crippen molar-refractivity contribution in [3.05, 3.63) is 53.3 Å². The smallest absolute Gasteiger partial charge is 0.234 e. The molecule has 1 aliphatic heterocycles. The average Bonchev–Trinajstić information content (AvgIpc) is 3.18. The van der Waals surface area contributed by atoms with E-state index in [2.05, 4.69) is 22.5 Å². The number of fused-ring (bicyclic) bond motifs is 1. The fourth-order valence-electron chi connectivity index (χ4n) is 4.97. The number of nitrogens with zero attached hydrogens (tertiary/aromatic N) is 3. The molecule has 2 amide bonds. The minimum Gasteiger partial charge on any atom is -0.354 e. The molecule has 1 fully saturated rings. The molecular weight excluding hydrogens is 400 g/mol. The van der Waals surface area contributed by atoms with E-state index in [9.17, 15) is 9.59 Å². The molecule has 1 aromatic heterocycles. The lowest BCUT2D eigenvalue weighted by atomic mass is 9.72. The van der Waals surface area contributed by atoms with E-state index < -0.39 is 0 Å². The molecule has 1 atom stereocenters. The van der Waals surface area contributed by atoms with Crippen LogP contribution in [0, 0.1) is 0 Å². The number of hydrogen-bond donors (Lipinski definition) is 1. The summed E-state index contributed by atoms with van der Waals surface area (Å²) in [6, 6.07) is 10.3. The Kier molecular flexibility index (Phi) is 6.14. The molecule has 160 valence electrons. The van der Waals surface area contributed by atoms with Gasteiger partial charge in [-0.2, -0.15) is 5.10 Å². The van der Waals surface area contributed by atoms with Crippen molar-refractivity contribution < 1.29 is 9.59 Å². The molecule has 4 rings (SSSR count). The van der Waals surface area contributed by atoms with Crippen molar-refractivity contribution in [1.82, 2.24) is 20.0 Å². The van der Waals surface area contributed by atoms with E-state index in [0.29, 0.717) is 19.6 Å². The second-order valence-corrected chi connectivity index (χ2v) is 8.80. The molecule has 1 saturated heterocycles. The Hall–Kier alpha value is -2.34. The highest BCUT2D eigenvalue weighted by molar-refractivity contribution is 6.27. The number of aryl methyl sites for hydroxylation is 2. The Balaban J connectivity index is 1.49. The molecule has 0 bridgehead atoms. The number of benzene rings is 1. The predicted octanol–water partition coefficient (Wildman–Crippen LogP) is 2.76. The second kappa shape index (κ2) is 8.80. The largest absolute Gasteiger partial charge is 0.354 e. The summed E-state index contributed by atoms with van der Waals surface area (Å²) >= 11 is 5.68. The zero-order chi connectivity index (χ0) is 21.1. The van der Waals surface area contributed by atoms with Crippen LogP contribution < -0.4 is 5.32 Å². The lowest BCUT2D eigenvalue weighted by molar-refractivity contribution is -0.135. The number of halogens is 1. The van der Waals surface area contributed by atoms with Crippen LogP contribution in [0.4, 0.5) is 0 Å². The van der Waals surface area contributed by atoms with Crippen LogP contribution in [0.2, 0.25) is 0 Å². The first-order valence-electron chi connectivity index (χ1n) is 10.7. The van der Waals surface area contributed by atoms with Crippen molar-refractivity contribution in [3.8, 4) is 0 Å². The third-order valence-corrected chi connectivity index (χ3v) is 6.92.